The second kappa shape index (κ2) is 12.6. The Hall–Kier alpha value is -3.56. The van der Waals surface area contributed by atoms with E-state index in [2.05, 4.69) is 63.8 Å². The molecule has 0 saturated carbocycles. The number of ether oxygens (including phenoxy) is 2. The molecule has 0 atom stereocenters. The number of hydrogen-bond acceptors (Lipinski definition) is 8. The Balaban J connectivity index is 0.00000380. The van der Waals surface area contributed by atoms with Crippen LogP contribution < -0.4 is 24.7 Å². The summed E-state index contributed by atoms with van der Waals surface area (Å²) in [6.45, 7) is 0. The fraction of sp³-hybridized carbons (Fsp3) is 0.214. The minimum atomic E-state index is 0. The Morgan fingerprint density at radius 1 is 0.784 bits per heavy atom. The molecule has 7 nitrogen and oxygen atoms in total. The molecule has 1 aromatic heterocycles. The predicted octanol–water partition coefficient (Wildman–Crippen LogP) is 6.40. The first kappa shape index (κ1) is 28.0. The first-order chi connectivity index (χ1) is 17.4. The third kappa shape index (κ3) is 6.61. The van der Waals surface area contributed by atoms with Crippen LogP contribution in [0.5, 0.6) is 11.5 Å². The van der Waals surface area contributed by atoms with Gasteiger partial charge in [0.15, 0.2) is 11.5 Å². The fourth-order valence-corrected chi connectivity index (χ4v) is 4.35. The van der Waals surface area contributed by atoms with Crippen molar-refractivity contribution < 1.29 is 9.47 Å². The second-order valence-electron chi connectivity index (χ2n) is 8.56. The van der Waals surface area contributed by atoms with Crippen LogP contribution in [0.25, 0.3) is 11.3 Å². The molecule has 1 N–H and O–H groups in total. The van der Waals surface area contributed by atoms with E-state index in [0.29, 0.717) is 16.6 Å². The Labute approximate surface area is 233 Å². The molecule has 4 rings (SSSR count). The number of benzene rings is 3. The molecule has 0 aliphatic carbocycles. The third-order valence-corrected chi connectivity index (χ3v) is 6.51. The van der Waals surface area contributed by atoms with Crippen LogP contribution in [0.3, 0.4) is 0 Å². The number of rotatable bonds is 9. The number of hydrogen-bond donors (Lipinski definition) is 1. The van der Waals surface area contributed by atoms with Crippen molar-refractivity contribution in [1.29, 1.82) is 0 Å². The summed E-state index contributed by atoms with van der Waals surface area (Å²) in [7, 11) is 11.4. The maximum absolute atomic E-state index is 5.44. The Morgan fingerprint density at radius 2 is 1.32 bits per heavy atom. The second-order valence-corrected chi connectivity index (χ2v) is 9.42. The molecule has 194 valence electrons. The first-order valence-corrected chi connectivity index (χ1v) is 12.3. The van der Waals surface area contributed by atoms with Gasteiger partial charge in [-0.1, -0.05) is 24.3 Å². The van der Waals surface area contributed by atoms with Crippen molar-refractivity contribution >= 4 is 50.5 Å². The topological polar surface area (TPSA) is 62.2 Å². The van der Waals surface area contributed by atoms with E-state index in [-0.39, 0.29) is 17.0 Å². The number of nitrogens with one attached hydrogen (secondary N) is 1. The van der Waals surface area contributed by atoms with Crippen molar-refractivity contribution in [3.05, 3.63) is 83.2 Å². The Morgan fingerprint density at radius 3 is 1.81 bits per heavy atom. The predicted molar refractivity (Wildman–Crippen MR) is 162 cm³/mol. The number of anilines is 3. The zero-order valence-electron chi connectivity index (χ0n) is 21.9. The van der Waals surface area contributed by atoms with E-state index in [9.17, 15) is 0 Å². The van der Waals surface area contributed by atoms with Gasteiger partial charge in [0.1, 0.15) is 0 Å². The molecule has 0 spiro atoms. The quantitative estimate of drug-likeness (QED) is 0.182. The van der Waals surface area contributed by atoms with Crippen LogP contribution in [0.15, 0.2) is 77.2 Å². The summed E-state index contributed by atoms with van der Waals surface area (Å²) in [6.07, 6.45) is 0. The maximum Gasteiger partial charge on any atom is 0.203 e. The van der Waals surface area contributed by atoms with E-state index in [4.69, 9.17) is 19.6 Å². The molecular formula is C28H32BrN5O2S. The number of halogens is 1. The number of nitrogens with zero attached hydrogens (tertiary/aromatic N) is 4. The molecule has 0 radical (unpaired) electrons. The van der Waals surface area contributed by atoms with Crippen molar-refractivity contribution in [3.8, 4) is 22.8 Å². The van der Waals surface area contributed by atoms with Crippen LogP contribution in [0.1, 0.15) is 11.1 Å². The number of thiazole rings is 1. The SMILES string of the molecule is Br.COc1ccc(-c2csc(NN=C(c3ccc(N(C)C)cc3)c3ccc(N(C)C)cc3)n2)cc1OC. The van der Waals surface area contributed by atoms with E-state index < -0.39 is 0 Å². The van der Waals surface area contributed by atoms with Gasteiger partial charge in [0.2, 0.25) is 5.13 Å². The lowest BCUT2D eigenvalue weighted by molar-refractivity contribution is 0.355. The smallest absolute Gasteiger partial charge is 0.203 e. The minimum absolute atomic E-state index is 0. The van der Waals surface area contributed by atoms with E-state index in [1.54, 1.807) is 14.2 Å². The van der Waals surface area contributed by atoms with Gasteiger partial charge in [-0.25, -0.2) is 4.98 Å². The van der Waals surface area contributed by atoms with Crippen LogP contribution in [0, 0.1) is 0 Å². The molecule has 0 aliphatic rings. The monoisotopic (exact) mass is 581 g/mol. The molecule has 9 heteroatoms. The normalized spacial score (nSPS) is 10.2. The number of hydrazone groups is 1. The van der Waals surface area contributed by atoms with E-state index in [1.807, 2.05) is 51.8 Å². The van der Waals surface area contributed by atoms with Crippen LogP contribution >= 0.6 is 28.3 Å². The van der Waals surface area contributed by atoms with Crippen molar-refractivity contribution in [2.75, 3.05) is 57.6 Å². The summed E-state index contributed by atoms with van der Waals surface area (Å²) in [6, 6.07) is 22.5. The summed E-state index contributed by atoms with van der Waals surface area (Å²) in [4.78, 5) is 8.89. The van der Waals surface area contributed by atoms with Crippen LogP contribution in [-0.4, -0.2) is 53.1 Å². The third-order valence-electron chi connectivity index (χ3n) is 5.76. The summed E-state index contributed by atoms with van der Waals surface area (Å²) in [5.41, 5.74) is 10.1. The zero-order valence-corrected chi connectivity index (χ0v) is 24.4. The molecular weight excluding hydrogens is 550 g/mol. The molecule has 0 amide bonds. The van der Waals surface area contributed by atoms with Gasteiger partial charge >= 0.3 is 0 Å². The van der Waals surface area contributed by atoms with Gasteiger partial charge in [-0.15, -0.1) is 28.3 Å². The minimum Gasteiger partial charge on any atom is -0.493 e. The van der Waals surface area contributed by atoms with E-state index in [0.717, 1.165) is 39.5 Å². The van der Waals surface area contributed by atoms with Crippen molar-refractivity contribution in [2.24, 2.45) is 5.10 Å². The maximum atomic E-state index is 5.44. The number of methoxy groups -OCH3 is 2. The average Bonchev–Trinajstić information content (AvgIpc) is 3.38. The lowest BCUT2D eigenvalue weighted by Gasteiger charge is -2.15. The first-order valence-electron chi connectivity index (χ1n) is 11.5. The Bertz CT molecular complexity index is 1280. The molecule has 0 bridgehead atoms. The van der Waals surface area contributed by atoms with Gasteiger partial charge in [0, 0.05) is 61.6 Å². The Kier molecular flexibility index (Phi) is 9.54. The van der Waals surface area contributed by atoms with E-state index >= 15 is 0 Å². The van der Waals surface area contributed by atoms with Crippen molar-refractivity contribution in [3.63, 3.8) is 0 Å². The highest BCUT2D eigenvalue weighted by Gasteiger charge is 2.12. The highest BCUT2D eigenvalue weighted by atomic mass is 79.9. The standard InChI is InChI=1S/C28H31N5O2S.BrH/c1-32(2)22-12-7-19(8-13-22)27(20-9-14-23(15-10-20)33(3)4)30-31-28-29-24(18-36-28)21-11-16-25(34-5)26(17-21)35-6;/h7-18H,1-6H3,(H,29,31);1H. The molecule has 3 aromatic carbocycles. The molecule has 37 heavy (non-hydrogen) atoms. The summed E-state index contributed by atoms with van der Waals surface area (Å²) in [5.74, 6) is 1.35. The molecule has 0 unspecified atom stereocenters. The lowest BCUT2D eigenvalue weighted by Crippen LogP contribution is -2.11. The van der Waals surface area contributed by atoms with Crippen LogP contribution in [0.2, 0.25) is 0 Å². The fourth-order valence-electron chi connectivity index (χ4n) is 3.69. The summed E-state index contributed by atoms with van der Waals surface area (Å²) in [5, 5.41) is 7.49. The van der Waals surface area contributed by atoms with Gasteiger partial charge in [-0.2, -0.15) is 5.10 Å². The van der Waals surface area contributed by atoms with Crippen LogP contribution in [-0.2, 0) is 0 Å². The van der Waals surface area contributed by atoms with Crippen molar-refractivity contribution in [2.45, 2.75) is 0 Å². The number of aromatic nitrogens is 1. The molecule has 0 fully saturated rings. The molecule has 1 heterocycles. The van der Waals surface area contributed by atoms with Gasteiger partial charge in [-0.05, 0) is 42.5 Å². The average molecular weight is 583 g/mol. The molecule has 0 aliphatic heterocycles. The molecule has 0 saturated heterocycles. The van der Waals surface area contributed by atoms with Gasteiger partial charge < -0.3 is 19.3 Å². The zero-order chi connectivity index (χ0) is 25.7. The lowest BCUT2D eigenvalue weighted by atomic mass is 10.0. The van der Waals surface area contributed by atoms with Gasteiger partial charge in [0.25, 0.3) is 0 Å². The van der Waals surface area contributed by atoms with Gasteiger partial charge in [0.05, 0.1) is 25.6 Å². The van der Waals surface area contributed by atoms with Crippen molar-refractivity contribution in [1.82, 2.24) is 4.98 Å². The highest BCUT2D eigenvalue weighted by molar-refractivity contribution is 8.93. The largest absolute Gasteiger partial charge is 0.493 e. The highest BCUT2D eigenvalue weighted by Crippen LogP contribution is 2.33. The molecule has 4 aromatic rings. The summed E-state index contributed by atoms with van der Waals surface area (Å²) >= 11 is 1.50. The van der Waals surface area contributed by atoms with Crippen LogP contribution in [0.4, 0.5) is 16.5 Å². The van der Waals surface area contributed by atoms with Gasteiger partial charge in [-0.3, -0.25) is 5.43 Å². The van der Waals surface area contributed by atoms with E-state index in [1.165, 1.54) is 11.3 Å². The summed E-state index contributed by atoms with van der Waals surface area (Å²) < 4.78 is 10.8.